The molecule has 0 rings (SSSR count). The minimum absolute atomic E-state index is 0.279. The topological polar surface area (TPSA) is 72.5 Å². The summed E-state index contributed by atoms with van der Waals surface area (Å²) in [5.41, 5.74) is 5.37. The zero-order chi connectivity index (χ0) is 12.4. The van der Waals surface area contributed by atoms with Gasteiger partial charge in [-0.25, -0.2) is 0 Å². The maximum Gasteiger partial charge on any atom is 0.306 e. The summed E-state index contributed by atoms with van der Waals surface area (Å²) in [5.74, 6) is -0.496. The lowest BCUT2D eigenvalue weighted by Crippen LogP contribution is -2.17. The van der Waals surface area contributed by atoms with Crippen molar-refractivity contribution in [1.29, 1.82) is 0 Å². The molecule has 0 aliphatic carbocycles. The Bertz CT molecular complexity index is 183. The highest BCUT2D eigenvalue weighted by Gasteiger charge is 2.16. The van der Waals surface area contributed by atoms with Crippen LogP contribution in [0.2, 0.25) is 0 Å². The molecule has 1 unspecified atom stereocenters. The van der Waals surface area contributed by atoms with Gasteiger partial charge in [-0.2, -0.15) is 0 Å². The third-order valence-electron chi connectivity index (χ3n) is 2.42. The zero-order valence-electron chi connectivity index (χ0n) is 10.4. The predicted octanol–water partition coefficient (Wildman–Crippen LogP) is 1.88. The molecule has 0 fully saturated rings. The number of hydrogen-bond acceptors (Lipinski definition) is 3. The molecule has 0 bridgehead atoms. The zero-order valence-corrected chi connectivity index (χ0v) is 10.4. The molecule has 96 valence electrons. The highest BCUT2D eigenvalue weighted by Crippen LogP contribution is 2.13. The van der Waals surface area contributed by atoms with Gasteiger partial charge in [-0.05, 0) is 31.7 Å². The van der Waals surface area contributed by atoms with E-state index in [0.29, 0.717) is 38.5 Å². The van der Waals surface area contributed by atoms with E-state index in [-0.39, 0.29) is 5.92 Å². The highest BCUT2D eigenvalue weighted by molar-refractivity contribution is 5.69. The van der Waals surface area contributed by atoms with Gasteiger partial charge in [0.05, 0.1) is 5.92 Å². The Hall–Kier alpha value is -0.610. The molecular formula is C12H25NO3. The Morgan fingerprint density at radius 3 is 2.50 bits per heavy atom. The van der Waals surface area contributed by atoms with E-state index < -0.39 is 5.97 Å². The molecule has 0 aliphatic rings. The summed E-state index contributed by atoms with van der Waals surface area (Å²) in [7, 11) is 0. The van der Waals surface area contributed by atoms with E-state index >= 15 is 0 Å². The second-order valence-corrected chi connectivity index (χ2v) is 4.58. The molecule has 0 amide bonds. The van der Waals surface area contributed by atoms with Crippen LogP contribution in [0.15, 0.2) is 0 Å². The second kappa shape index (κ2) is 9.60. The monoisotopic (exact) mass is 231 g/mol. The quantitative estimate of drug-likeness (QED) is 0.563. The number of aliphatic carboxylic acids is 1. The average molecular weight is 231 g/mol. The van der Waals surface area contributed by atoms with E-state index in [9.17, 15) is 4.79 Å². The van der Waals surface area contributed by atoms with Gasteiger partial charge < -0.3 is 15.6 Å². The molecule has 0 aromatic carbocycles. The molecule has 0 aliphatic heterocycles. The summed E-state index contributed by atoms with van der Waals surface area (Å²) in [6.07, 6.45) is 3.10. The molecule has 0 heterocycles. The lowest BCUT2D eigenvalue weighted by molar-refractivity contribution is -0.142. The first-order valence-corrected chi connectivity index (χ1v) is 6.08. The Morgan fingerprint density at radius 1 is 1.31 bits per heavy atom. The van der Waals surface area contributed by atoms with Gasteiger partial charge in [0.15, 0.2) is 0 Å². The number of carboxylic acids is 1. The lowest BCUT2D eigenvalue weighted by atomic mass is 9.99. The first-order chi connectivity index (χ1) is 7.57. The predicted molar refractivity (Wildman–Crippen MR) is 64.3 cm³/mol. The van der Waals surface area contributed by atoms with Crippen LogP contribution in [-0.4, -0.2) is 30.8 Å². The van der Waals surface area contributed by atoms with Gasteiger partial charge in [0.25, 0.3) is 0 Å². The largest absolute Gasteiger partial charge is 0.481 e. The van der Waals surface area contributed by atoms with Crippen molar-refractivity contribution in [3.8, 4) is 0 Å². The molecule has 0 saturated heterocycles. The van der Waals surface area contributed by atoms with Crippen LogP contribution in [0.1, 0.15) is 39.5 Å². The van der Waals surface area contributed by atoms with Crippen molar-refractivity contribution in [2.75, 3.05) is 19.8 Å². The SMILES string of the molecule is CC(C)COCCC(CCCCN)C(=O)O. The third-order valence-corrected chi connectivity index (χ3v) is 2.42. The Labute approximate surface area is 98.2 Å². The first kappa shape index (κ1) is 15.4. The minimum Gasteiger partial charge on any atom is -0.481 e. The van der Waals surface area contributed by atoms with E-state index in [0.717, 1.165) is 12.8 Å². The van der Waals surface area contributed by atoms with Gasteiger partial charge in [0.1, 0.15) is 0 Å². The highest BCUT2D eigenvalue weighted by atomic mass is 16.5. The average Bonchev–Trinajstić information content (AvgIpc) is 2.21. The fraction of sp³-hybridized carbons (Fsp3) is 0.917. The molecule has 4 nitrogen and oxygen atoms in total. The van der Waals surface area contributed by atoms with Crippen LogP contribution in [-0.2, 0) is 9.53 Å². The van der Waals surface area contributed by atoms with Crippen molar-refractivity contribution in [3.05, 3.63) is 0 Å². The number of nitrogens with two attached hydrogens (primary N) is 1. The van der Waals surface area contributed by atoms with E-state index in [2.05, 4.69) is 13.8 Å². The van der Waals surface area contributed by atoms with Crippen molar-refractivity contribution >= 4 is 5.97 Å². The van der Waals surface area contributed by atoms with E-state index in [1.165, 1.54) is 0 Å². The maximum absolute atomic E-state index is 10.9. The number of hydrogen-bond donors (Lipinski definition) is 2. The smallest absolute Gasteiger partial charge is 0.306 e. The fourth-order valence-corrected chi connectivity index (χ4v) is 1.47. The molecule has 0 radical (unpaired) electrons. The van der Waals surface area contributed by atoms with E-state index in [4.69, 9.17) is 15.6 Å². The van der Waals surface area contributed by atoms with E-state index in [1.807, 2.05) is 0 Å². The maximum atomic E-state index is 10.9. The van der Waals surface area contributed by atoms with Crippen molar-refractivity contribution in [2.45, 2.75) is 39.5 Å². The van der Waals surface area contributed by atoms with Crippen molar-refractivity contribution in [1.82, 2.24) is 0 Å². The second-order valence-electron chi connectivity index (χ2n) is 4.58. The Morgan fingerprint density at radius 2 is 2.00 bits per heavy atom. The summed E-state index contributed by atoms with van der Waals surface area (Å²) in [4.78, 5) is 10.9. The molecule has 1 atom stereocenters. The van der Waals surface area contributed by atoms with Crippen molar-refractivity contribution in [2.24, 2.45) is 17.6 Å². The van der Waals surface area contributed by atoms with Gasteiger partial charge in [0, 0.05) is 13.2 Å². The van der Waals surface area contributed by atoms with Crippen LogP contribution >= 0.6 is 0 Å². The summed E-state index contributed by atoms with van der Waals surface area (Å²) in [5, 5.41) is 8.99. The van der Waals surface area contributed by atoms with Gasteiger partial charge in [-0.1, -0.05) is 20.3 Å². The molecule has 0 aromatic rings. The molecule has 4 heteroatoms. The van der Waals surface area contributed by atoms with Gasteiger partial charge in [-0.15, -0.1) is 0 Å². The van der Waals surface area contributed by atoms with Gasteiger partial charge in [-0.3, -0.25) is 4.79 Å². The van der Waals surface area contributed by atoms with Crippen LogP contribution in [0.4, 0.5) is 0 Å². The first-order valence-electron chi connectivity index (χ1n) is 6.08. The van der Waals surface area contributed by atoms with E-state index in [1.54, 1.807) is 0 Å². The summed E-state index contributed by atoms with van der Waals surface area (Å²) in [6.45, 7) is 6.04. The molecule has 0 saturated carbocycles. The van der Waals surface area contributed by atoms with Crippen molar-refractivity contribution < 1.29 is 14.6 Å². The van der Waals surface area contributed by atoms with Crippen LogP contribution in [0.25, 0.3) is 0 Å². The van der Waals surface area contributed by atoms with Crippen molar-refractivity contribution in [3.63, 3.8) is 0 Å². The number of carboxylic acid groups (broad SMARTS) is 1. The number of unbranched alkanes of at least 4 members (excludes halogenated alkanes) is 1. The van der Waals surface area contributed by atoms with Gasteiger partial charge >= 0.3 is 5.97 Å². The molecular weight excluding hydrogens is 206 g/mol. The number of carbonyl (C=O) groups is 1. The Balaban J connectivity index is 3.64. The summed E-state index contributed by atoms with van der Waals surface area (Å²) < 4.78 is 5.39. The van der Waals surface area contributed by atoms with Crippen LogP contribution in [0, 0.1) is 11.8 Å². The van der Waals surface area contributed by atoms with Crippen LogP contribution in [0.5, 0.6) is 0 Å². The summed E-state index contributed by atoms with van der Waals surface area (Å²) in [6, 6.07) is 0. The number of ether oxygens (including phenoxy) is 1. The van der Waals surface area contributed by atoms with Crippen LogP contribution < -0.4 is 5.73 Å². The third kappa shape index (κ3) is 8.68. The lowest BCUT2D eigenvalue weighted by Gasteiger charge is -2.12. The number of rotatable bonds is 10. The van der Waals surface area contributed by atoms with Gasteiger partial charge in [0.2, 0.25) is 0 Å². The Kier molecular flexibility index (Phi) is 9.24. The summed E-state index contributed by atoms with van der Waals surface area (Å²) >= 11 is 0. The molecule has 0 spiro atoms. The standard InChI is InChI=1S/C12H25NO3/c1-10(2)9-16-8-6-11(12(14)15)5-3-4-7-13/h10-11H,3-9,13H2,1-2H3,(H,14,15). The van der Waals surface area contributed by atoms with Crippen LogP contribution in [0.3, 0.4) is 0 Å². The molecule has 3 N–H and O–H groups in total. The molecule has 16 heavy (non-hydrogen) atoms. The fourth-order valence-electron chi connectivity index (χ4n) is 1.47. The molecule has 0 aromatic heterocycles. The normalized spacial score (nSPS) is 13.0. The minimum atomic E-state index is -0.717.